The van der Waals surface area contributed by atoms with Crippen molar-refractivity contribution in [2.45, 2.75) is 72.6 Å². The normalized spacial score (nSPS) is 19.5. The van der Waals surface area contributed by atoms with Crippen molar-refractivity contribution >= 4 is 34.9 Å². The van der Waals surface area contributed by atoms with E-state index in [1.165, 1.54) is 0 Å². The number of nitrogens with one attached hydrogen (secondary N) is 2. The van der Waals surface area contributed by atoms with Crippen LogP contribution in [0.4, 0.5) is 11.8 Å². The molecule has 0 unspecified atom stereocenters. The maximum absolute atomic E-state index is 13.5. The predicted molar refractivity (Wildman–Crippen MR) is 264 cm³/mol. The Balaban J connectivity index is 0.670. The van der Waals surface area contributed by atoms with Crippen LogP contribution in [0.2, 0.25) is 5.02 Å². The molecule has 16 heteroatoms. The van der Waals surface area contributed by atoms with Crippen molar-refractivity contribution in [1.82, 2.24) is 44.7 Å². The fourth-order valence-electron chi connectivity index (χ4n) is 10.5. The van der Waals surface area contributed by atoms with Crippen molar-refractivity contribution < 1.29 is 14.3 Å². The zero-order valence-corrected chi connectivity index (χ0v) is 40.4. The Kier molecular flexibility index (Phi) is 13.8. The third kappa shape index (κ3) is 10.1. The molecule has 3 fully saturated rings. The number of ether oxygens (including phenoxy) is 2. The summed E-state index contributed by atoms with van der Waals surface area (Å²) < 4.78 is 14.4. The molecule has 6 heterocycles. The van der Waals surface area contributed by atoms with Gasteiger partial charge in [0.25, 0.3) is 5.91 Å². The van der Waals surface area contributed by atoms with Gasteiger partial charge in [0.2, 0.25) is 11.8 Å². The van der Waals surface area contributed by atoms with Crippen LogP contribution in [0.5, 0.6) is 11.6 Å². The predicted octanol–water partition coefficient (Wildman–Crippen LogP) is 7.81. The minimum absolute atomic E-state index is 0.154. The van der Waals surface area contributed by atoms with Crippen LogP contribution >= 0.6 is 11.6 Å². The highest BCUT2D eigenvalue weighted by atomic mass is 35.5. The van der Waals surface area contributed by atoms with Crippen LogP contribution in [0.3, 0.4) is 0 Å². The second kappa shape index (κ2) is 20.1. The van der Waals surface area contributed by atoms with Crippen LogP contribution < -0.4 is 25.0 Å². The number of fused-ring (bicyclic) bond motifs is 1. The quantitative estimate of drug-likeness (QED) is 0.0968. The molecule has 9 rings (SSSR count). The summed E-state index contributed by atoms with van der Waals surface area (Å²) in [6.07, 6.45) is 9.87. The zero-order valence-electron chi connectivity index (χ0n) is 39.7. The number of carbonyl (C=O) groups excluding carboxylic acids is 1. The van der Waals surface area contributed by atoms with Gasteiger partial charge in [0, 0.05) is 124 Å². The molecule has 3 aliphatic rings. The number of aromatic nitrogens is 6. The molecule has 2 aromatic carbocycles. The summed E-state index contributed by atoms with van der Waals surface area (Å²) in [5.41, 5.74) is 5.10. The van der Waals surface area contributed by atoms with Gasteiger partial charge in [0.05, 0.1) is 28.0 Å². The monoisotopic (exact) mass is 936 g/mol. The van der Waals surface area contributed by atoms with Crippen molar-refractivity contribution in [3.05, 3.63) is 119 Å². The van der Waals surface area contributed by atoms with E-state index in [1.807, 2.05) is 41.2 Å². The number of aryl methyl sites for hydroxylation is 1. The van der Waals surface area contributed by atoms with E-state index in [-0.39, 0.29) is 28.9 Å². The lowest BCUT2D eigenvalue weighted by Crippen LogP contribution is -2.74. The number of piperazine rings is 1. The van der Waals surface area contributed by atoms with Crippen LogP contribution in [0, 0.1) is 28.1 Å². The standard InChI is InChI=1S/C52H61ClN12O3/c1-6-37-33-59-65-44(27-43(60-46(37)65)38-10-8-7-9-11-38)55-29-36-12-15-45(56-30-36)67-25-24-62-20-22-63(23-21-62)34-35-16-18-64(19-17-35)50-57-31-40(32-58-50)47(66)61-48-51(2,3)49(52(48,4)5)68-41-14-13-39(28-54)42(53)26-41/h7-15,26-27,30-33,35,48-49,55H,6,16-25,29,34H2,1-5H3,(H,61,66). The summed E-state index contributed by atoms with van der Waals surface area (Å²) in [6.45, 7) is 19.6. The van der Waals surface area contributed by atoms with Gasteiger partial charge in [0.15, 0.2) is 5.65 Å². The number of hydrogen-bond acceptors (Lipinski definition) is 13. The highest BCUT2D eigenvalue weighted by molar-refractivity contribution is 6.31. The maximum Gasteiger partial charge on any atom is 0.254 e. The van der Waals surface area contributed by atoms with Gasteiger partial charge in [-0.05, 0) is 42.9 Å². The van der Waals surface area contributed by atoms with E-state index in [9.17, 15) is 10.1 Å². The first-order chi connectivity index (χ1) is 32.9. The molecule has 2 aliphatic heterocycles. The number of piperidine rings is 1. The molecule has 4 aromatic heterocycles. The summed E-state index contributed by atoms with van der Waals surface area (Å²) in [5, 5.41) is 21.0. The van der Waals surface area contributed by atoms with Crippen LogP contribution in [0.1, 0.15) is 74.5 Å². The van der Waals surface area contributed by atoms with Crippen LogP contribution in [-0.4, -0.2) is 116 Å². The Hall–Kier alpha value is -6.34. The van der Waals surface area contributed by atoms with Crippen LogP contribution in [-0.2, 0) is 13.0 Å². The van der Waals surface area contributed by atoms with Crippen molar-refractivity contribution in [3.8, 4) is 29.0 Å². The summed E-state index contributed by atoms with van der Waals surface area (Å²) in [6, 6.07) is 23.3. The highest BCUT2D eigenvalue weighted by Crippen LogP contribution is 2.55. The molecule has 0 atom stereocenters. The Morgan fingerprint density at radius 1 is 0.882 bits per heavy atom. The minimum Gasteiger partial charge on any atom is -0.489 e. The number of pyridine rings is 1. The first-order valence-electron chi connectivity index (χ1n) is 23.8. The lowest BCUT2D eigenvalue weighted by molar-refractivity contribution is -0.164. The van der Waals surface area contributed by atoms with Gasteiger partial charge in [-0.2, -0.15) is 14.9 Å². The molecule has 2 saturated heterocycles. The van der Waals surface area contributed by atoms with E-state index in [2.05, 4.69) is 110 Å². The zero-order chi connectivity index (χ0) is 47.4. The highest BCUT2D eigenvalue weighted by Gasteiger charge is 2.64. The number of hydrogen-bond donors (Lipinski definition) is 2. The molecule has 68 heavy (non-hydrogen) atoms. The number of carbonyl (C=O) groups is 1. The van der Waals surface area contributed by atoms with Gasteiger partial charge in [-0.1, -0.05) is 82.6 Å². The molecule has 1 aliphatic carbocycles. The maximum atomic E-state index is 13.5. The van der Waals surface area contributed by atoms with Crippen molar-refractivity contribution in [2.24, 2.45) is 16.7 Å². The average Bonchev–Trinajstić information content (AvgIpc) is 3.79. The molecule has 1 saturated carbocycles. The fourth-order valence-corrected chi connectivity index (χ4v) is 10.7. The first-order valence-corrected chi connectivity index (χ1v) is 24.2. The summed E-state index contributed by atoms with van der Waals surface area (Å²) in [7, 11) is 0. The molecule has 354 valence electrons. The number of nitrogens with zero attached hydrogens (tertiary/aromatic N) is 10. The summed E-state index contributed by atoms with van der Waals surface area (Å²) in [5.74, 6) is 3.20. The van der Waals surface area contributed by atoms with E-state index in [4.69, 9.17) is 26.1 Å². The van der Waals surface area contributed by atoms with Crippen molar-refractivity contribution in [3.63, 3.8) is 0 Å². The topological polar surface area (TPSA) is 162 Å². The van der Waals surface area contributed by atoms with Crippen molar-refractivity contribution in [1.29, 1.82) is 5.26 Å². The van der Waals surface area contributed by atoms with Gasteiger partial charge in [-0.15, -0.1) is 0 Å². The Morgan fingerprint density at radius 3 is 2.29 bits per heavy atom. The first kappa shape index (κ1) is 46.8. The number of amides is 1. The lowest BCUT2D eigenvalue weighted by atomic mass is 9.49. The molecular weight excluding hydrogens is 876 g/mol. The molecule has 1 amide bonds. The number of rotatable bonds is 16. The van der Waals surface area contributed by atoms with E-state index in [0.717, 1.165) is 105 Å². The number of benzene rings is 2. The summed E-state index contributed by atoms with van der Waals surface area (Å²) in [4.78, 5) is 39.6. The molecule has 6 aromatic rings. The van der Waals surface area contributed by atoms with E-state index in [1.54, 1.807) is 30.6 Å². The second-order valence-corrected chi connectivity index (χ2v) is 19.9. The molecule has 0 radical (unpaired) electrons. The molecule has 0 bridgehead atoms. The van der Waals surface area contributed by atoms with E-state index >= 15 is 0 Å². The van der Waals surface area contributed by atoms with Gasteiger partial charge < -0.3 is 29.9 Å². The second-order valence-electron chi connectivity index (χ2n) is 19.5. The number of halogens is 1. The minimum atomic E-state index is -0.369. The van der Waals surface area contributed by atoms with Gasteiger partial charge >= 0.3 is 0 Å². The molecule has 15 nitrogen and oxygen atoms in total. The van der Waals surface area contributed by atoms with Gasteiger partial charge in [-0.25, -0.2) is 19.9 Å². The molecular formula is C52H61ClN12O3. The van der Waals surface area contributed by atoms with Crippen LogP contribution in [0.15, 0.2) is 91.5 Å². The van der Waals surface area contributed by atoms with Gasteiger partial charge in [0.1, 0.15) is 30.3 Å². The van der Waals surface area contributed by atoms with Crippen molar-refractivity contribution in [2.75, 3.05) is 69.2 Å². The summed E-state index contributed by atoms with van der Waals surface area (Å²) >= 11 is 6.26. The average molecular weight is 938 g/mol. The van der Waals surface area contributed by atoms with E-state index in [0.29, 0.717) is 52.8 Å². The third-order valence-corrected chi connectivity index (χ3v) is 14.4. The Morgan fingerprint density at radius 2 is 1.62 bits per heavy atom. The SMILES string of the molecule is CCc1cnn2c(NCc3ccc(OCCN4CCN(CC5CCN(c6ncc(C(=O)NC7C(C)(C)C(Oc8ccc(C#N)c(Cl)c8)C7(C)C)cn6)CC5)CC4)nc3)cc(-c3ccccc3)nc12. The number of nitriles is 1. The van der Waals surface area contributed by atoms with E-state index < -0.39 is 0 Å². The molecule has 0 spiro atoms. The molecule has 2 N–H and O–H groups in total. The number of anilines is 2. The lowest BCUT2D eigenvalue weighted by Gasteiger charge is -2.63. The van der Waals surface area contributed by atoms with Crippen LogP contribution in [0.25, 0.3) is 16.9 Å². The fraction of sp³-hybridized carbons (Fsp3) is 0.442. The van der Waals surface area contributed by atoms with Gasteiger partial charge in [-0.3, -0.25) is 9.69 Å². The largest absolute Gasteiger partial charge is 0.489 e. The smallest absolute Gasteiger partial charge is 0.254 e. The third-order valence-electron chi connectivity index (χ3n) is 14.1. The Labute approximate surface area is 403 Å². The Bertz CT molecular complexity index is 2710.